The summed E-state index contributed by atoms with van der Waals surface area (Å²) in [6, 6.07) is 0. The molecule has 0 aliphatic heterocycles. The Balaban J connectivity index is 2.45. The van der Waals surface area contributed by atoms with Crippen LogP contribution >= 0.6 is 27.3 Å². The molecule has 3 nitrogen and oxygen atoms in total. The van der Waals surface area contributed by atoms with Crippen LogP contribution in [0.3, 0.4) is 0 Å². The number of thiophene rings is 1. The number of hydrogen-bond acceptors (Lipinski definition) is 4. The van der Waals surface area contributed by atoms with Crippen LogP contribution in [-0.2, 0) is 11.2 Å². The third-order valence-corrected chi connectivity index (χ3v) is 4.42. The van der Waals surface area contributed by atoms with E-state index >= 15 is 0 Å². The lowest BCUT2D eigenvalue weighted by molar-refractivity contribution is 0.0531. The lowest BCUT2D eigenvalue weighted by atomic mass is 9.93. The zero-order valence-electron chi connectivity index (χ0n) is 8.84. The summed E-state index contributed by atoms with van der Waals surface area (Å²) in [5.74, 6) is -0.191. The molecule has 0 unspecified atom stereocenters. The van der Waals surface area contributed by atoms with Crippen molar-refractivity contribution in [3.63, 3.8) is 0 Å². The van der Waals surface area contributed by atoms with Gasteiger partial charge in [0, 0.05) is 12.0 Å². The number of ether oxygens (including phenoxy) is 1. The summed E-state index contributed by atoms with van der Waals surface area (Å²) in [7, 11) is 0. The first-order valence-corrected chi connectivity index (χ1v) is 6.77. The van der Waals surface area contributed by atoms with Gasteiger partial charge in [0.1, 0.15) is 4.88 Å². The number of esters is 1. The van der Waals surface area contributed by atoms with E-state index in [1.54, 1.807) is 6.92 Å². The van der Waals surface area contributed by atoms with Gasteiger partial charge in [0.25, 0.3) is 0 Å². The van der Waals surface area contributed by atoms with Crippen LogP contribution < -0.4 is 0 Å². The van der Waals surface area contributed by atoms with Gasteiger partial charge >= 0.3 is 5.97 Å². The van der Waals surface area contributed by atoms with E-state index in [0.29, 0.717) is 23.5 Å². The maximum absolute atomic E-state index is 11.7. The Hall–Kier alpha value is -0.680. The van der Waals surface area contributed by atoms with Gasteiger partial charge < -0.3 is 4.74 Å². The van der Waals surface area contributed by atoms with Crippen molar-refractivity contribution in [2.24, 2.45) is 0 Å². The van der Waals surface area contributed by atoms with Crippen LogP contribution in [-0.4, -0.2) is 18.4 Å². The van der Waals surface area contributed by atoms with Gasteiger partial charge in [-0.25, -0.2) is 4.79 Å². The molecule has 0 fully saturated rings. The standard InChI is InChI=1S/C11H11BrO3S/c1-2-15-11(14)9-6-4-3-5-7(13)8(6)10(12)16-9/h2-5H2,1H3. The molecule has 0 N–H and O–H groups in total. The van der Waals surface area contributed by atoms with E-state index in [0.717, 1.165) is 22.2 Å². The van der Waals surface area contributed by atoms with Crippen LogP contribution in [0.5, 0.6) is 0 Å². The van der Waals surface area contributed by atoms with Crippen molar-refractivity contribution in [1.29, 1.82) is 0 Å². The smallest absolute Gasteiger partial charge is 0.348 e. The van der Waals surface area contributed by atoms with Crippen LogP contribution in [0, 0.1) is 0 Å². The molecule has 2 rings (SSSR count). The number of halogens is 1. The molecule has 0 saturated carbocycles. The fraction of sp³-hybridized carbons (Fsp3) is 0.455. The summed E-state index contributed by atoms with van der Waals surface area (Å²) >= 11 is 4.66. The fourth-order valence-corrected chi connectivity index (χ4v) is 3.80. The minimum Gasteiger partial charge on any atom is -0.462 e. The highest BCUT2D eigenvalue weighted by Gasteiger charge is 2.28. The van der Waals surface area contributed by atoms with E-state index in [-0.39, 0.29) is 11.8 Å². The van der Waals surface area contributed by atoms with Crippen LogP contribution in [0.25, 0.3) is 0 Å². The van der Waals surface area contributed by atoms with Crippen LogP contribution in [0.1, 0.15) is 45.4 Å². The van der Waals surface area contributed by atoms with Gasteiger partial charge in [-0.05, 0) is 41.3 Å². The van der Waals surface area contributed by atoms with Gasteiger partial charge in [-0.2, -0.15) is 0 Å². The predicted molar refractivity (Wildman–Crippen MR) is 65.2 cm³/mol. The van der Waals surface area contributed by atoms with Gasteiger partial charge in [0.15, 0.2) is 5.78 Å². The average molecular weight is 303 g/mol. The number of rotatable bonds is 2. The molecule has 1 aromatic rings. The number of Topliss-reactive ketones (excluding diaryl/α,β-unsaturated/α-hetero) is 1. The summed E-state index contributed by atoms with van der Waals surface area (Å²) in [4.78, 5) is 24.0. The number of carbonyl (C=O) groups is 2. The van der Waals surface area contributed by atoms with Crippen molar-refractivity contribution in [3.05, 3.63) is 19.8 Å². The number of fused-ring (bicyclic) bond motifs is 1. The normalized spacial score (nSPS) is 14.8. The van der Waals surface area contributed by atoms with Gasteiger partial charge in [-0.15, -0.1) is 11.3 Å². The Kier molecular flexibility index (Phi) is 3.44. The van der Waals surface area contributed by atoms with Gasteiger partial charge in [0.2, 0.25) is 0 Å². The molecule has 0 bridgehead atoms. The third kappa shape index (κ3) is 1.94. The minimum atomic E-state index is -0.316. The largest absolute Gasteiger partial charge is 0.462 e. The first kappa shape index (κ1) is 11.8. The second-order valence-corrected chi connectivity index (χ2v) is 5.89. The minimum absolute atomic E-state index is 0.125. The highest BCUT2D eigenvalue weighted by Crippen LogP contribution is 2.38. The zero-order chi connectivity index (χ0) is 11.7. The average Bonchev–Trinajstić information content (AvgIpc) is 2.58. The van der Waals surface area contributed by atoms with E-state index < -0.39 is 0 Å². The second-order valence-electron chi connectivity index (χ2n) is 3.56. The Labute approximate surface area is 106 Å². The Bertz CT molecular complexity index is 450. The molecule has 1 aliphatic carbocycles. The topological polar surface area (TPSA) is 43.4 Å². The van der Waals surface area contributed by atoms with Gasteiger partial charge in [-0.3, -0.25) is 4.79 Å². The Morgan fingerprint density at radius 3 is 2.94 bits per heavy atom. The molecular formula is C11H11BrO3S. The molecule has 16 heavy (non-hydrogen) atoms. The van der Waals surface area contributed by atoms with E-state index in [2.05, 4.69) is 15.9 Å². The molecule has 0 amide bonds. The molecule has 0 atom stereocenters. The van der Waals surface area contributed by atoms with E-state index in [1.807, 2.05) is 0 Å². The lowest BCUT2D eigenvalue weighted by Crippen LogP contribution is -2.12. The summed E-state index contributed by atoms with van der Waals surface area (Å²) < 4.78 is 5.74. The Morgan fingerprint density at radius 1 is 1.50 bits per heavy atom. The number of ketones is 1. The molecule has 0 saturated heterocycles. The highest BCUT2D eigenvalue weighted by atomic mass is 79.9. The molecule has 5 heteroatoms. The molecule has 86 valence electrons. The van der Waals surface area contributed by atoms with E-state index in [4.69, 9.17) is 4.74 Å². The molecule has 1 aromatic heterocycles. The summed E-state index contributed by atoms with van der Waals surface area (Å²) in [6.07, 6.45) is 2.18. The van der Waals surface area contributed by atoms with Crippen molar-refractivity contribution < 1.29 is 14.3 Å². The number of carbonyl (C=O) groups excluding carboxylic acids is 2. The molecule has 1 aliphatic rings. The third-order valence-electron chi connectivity index (χ3n) is 2.53. The molecule has 0 spiro atoms. The maximum atomic E-state index is 11.7. The van der Waals surface area contributed by atoms with Gasteiger partial charge in [0.05, 0.1) is 10.4 Å². The monoisotopic (exact) mass is 302 g/mol. The number of hydrogen-bond donors (Lipinski definition) is 0. The van der Waals surface area contributed by atoms with Crippen LogP contribution in [0.15, 0.2) is 3.79 Å². The molecule has 0 aromatic carbocycles. The van der Waals surface area contributed by atoms with Crippen LogP contribution in [0.2, 0.25) is 0 Å². The zero-order valence-corrected chi connectivity index (χ0v) is 11.2. The molecular weight excluding hydrogens is 292 g/mol. The van der Waals surface area contributed by atoms with Crippen molar-refractivity contribution in [2.45, 2.75) is 26.2 Å². The quantitative estimate of drug-likeness (QED) is 0.788. The Morgan fingerprint density at radius 2 is 2.25 bits per heavy atom. The maximum Gasteiger partial charge on any atom is 0.348 e. The lowest BCUT2D eigenvalue weighted by Gasteiger charge is -2.11. The fourth-order valence-electron chi connectivity index (χ4n) is 1.86. The first-order valence-electron chi connectivity index (χ1n) is 5.16. The van der Waals surface area contributed by atoms with Crippen LogP contribution in [0.4, 0.5) is 0 Å². The predicted octanol–water partition coefficient (Wildman–Crippen LogP) is 3.21. The first-order chi connectivity index (χ1) is 7.65. The van der Waals surface area contributed by atoms with Gasteiger partial charge in [-0.1, -0.05) is 0 Å². The van der Waals surface area contributed by atoms with Crippen molar-refractivity contribution in [2.75, 3.05) is 6.61 Å². The van der Waals surface area contributed by atoms with Crippen molar-refractivity contribution in [3.8, 4) is 0 Å². The summed E-state index contributed by atoms with van der Waals surface area (Å²) in [5.41, 5.74) is 1.56. The summed E-state index contributed by atoms with van der Waals surface area (Å²) in [6.45, 7) is 2.13. The molecule has 1 heterocycles. The summed E-state index contributed by atoms with van der Waals surface area (Å²) in [5, 5.41) is 0. The van der Waals surface area contributed by atoms with Crippen molar-refractivity contribution >= 4 is 39.0 Å². The highest BCUT2D eigenvalue weighted by molar-refractivity contribution is 9.11. The van der Waals surface area contributed by atoms with E-state index in [9.17, 15) is 9.59 Å². The molecule has 0 radical (unpaired) electrons. The second kappa shape index (κ2) is 4.67. The SMILES string of the molecule is CCOC(=O)c1sc(Br)c2c1CCCC2=O. The van der Waals surface area contributed by atoms with E-state index in [1.165, 1.54) is 11.3 Å². The van der Waals surface area contributed by atoms with Crippen molar-refractivity contribution in [1.82, 2.24) is 0 Å².